The number of rotatable bonds is 9. The van der Waals surface area contributed by atoms with Crippen LogP contribution in [0.1, 0.15) is 0 Å². The Morgan fingerprint density at radius 2 is 1.69 bits per heavy atom. The number of hydrogen-bond acceptors (Lipinski definition) is 4. The summed E-state index contributed by atoms with van der Waals surface area (Å²) in [5.41, 5.74) is 5.24. The van der Waals surface area contributed by atoms with E-state index in [1.54, 1.807) is 7.11 Å². The minimum atomic E-state index is 0.563. The number of nitrogens with two attached hydrogens (primary N) is 1. The Kier molecular flexibility index (Phi) is 11.2. The van der Waals surface area contributed by atoms with Crippen LogP contribution in [0.25, 0.3) is 0 Å². The van der Waals surface area contributed by atoms with Crippen LogP contribution in [-0.4, -0.2) is 46.7 Å². The fourth-order valence-electron chi connectivity index (χ4n) is 0.678. The standard InChI is InChI=1S/C9H19NO3/c1-11-6-7-13-9-8-12-5-3-2-4-10/h2-3H,4-10H2,1H3/b3-2+. The van der Waals surface area contributed by atoms with Gasteiger partial charge in [-0.25, -0.2) is 0 Å². The van der Waals surface area contributed by atoms with Crippen molar-refractivity contribution in [3.05, 3.63) is 12.2 Å². The van der Waals surface area contributed by atoms with E-state index in [9.17, 15) is 0 Å². The predicted octanol–water partition coefficient (Wildman–Crippen LogP) is 0.181. The molecule has 0 aliphatic rings. The Bertz CT molecular complexity index is 117. The van der Waals surface area contributed by atoms with Crippen molar-refractivity contribution in [3.8, 4) is 0 Å². The molecule has 78 valence electrons. The average molecular weight is 189 g/mol. The van der Waals surface area contributed by atoms with E-state index >= 15 is 0 Å². The molecule has 0 amide bonds. The van der Waals surface area contributed by atoms with Crippen LogP contribution in [0.4, 0.5) is 0 Å². The Balaban J connectivity index is 2.87. The van der Waals surface area contributed by atoms with Gasteiger partial charge in [-0.05, 0) is 0 Å². The van der Waals surface area contributed by atoms with Crippen LogP contribution in [0.2, 0.25) is 0 Å². The molecule has 4 nitrogen and oxygen atoms in total. The minimum Gasteiger partial charge on any atom is -0.382 e. The van der Waals surface area contributed by atoms with E-state index in [1.807, 2.05) is 12.2 Å². The lowest BCUT2D eigenvalue weighted by molar-refractivity contribution is 0.0314. The molecule has 0 saturated carbocycles. The highest BCUT2D eigenvalue weighted by atomic mass is 16.5. The Morgan fingerprint density at radius 3 is 2.38 bits per heavy atom. The fraction of sp³-hybridized carbons (Fsp3) is 0.778. The summed E-state index contributed by atoms with van der Waals surface area (Å²) in [6.45, 7) is 3.64. The highest BCUT2D eigenvalue weighted by Gasteiger charge is 1.87. The summed E-state index contributed by atoms with van der Waals surface area (Å²) in [7, 11) is 1.65. The van der Waals surface area contributed by atoms with Crippen molar-refractivity contribution in [3.63, 3.8) is 0 Å². The van der Waals surface area contributed by atoms with Crippen LogP contribution in [0.5, 0.6) is 0 Å². The van der Waals surface area contributed by atoms with Crippen LogP contribution in [-0.2, 0) is 14.2 Å². The first kappa shape index (κ1) is 12.6. The Labute approximate surface area is 79.6 Å². The first-order valence-corrected chi connectivity index (χ1v) is 4.41. The third-order valence-electron chi connectivity index (χ3n) is 1.32. The maximum Gasteiger partial charge on any atom is 0.0704 e. The molecule has 0 aliphatic carbocycles. The van der Waals surface area contributed by atoms with E-state index in [0.29, 0.717) is 39.6 Å². The van der Waals surface area contributed by atoms with Crippen molar-refractivity contribution in [1.29, 1.82) is 0 Å². The second-order valence-corrected chi connectivity index (χ2v) is 2.39. The molecule has 2 N–H and O–H groups in total. The maximum atomic E-state index is 5.24. The predicted molar refractivity (Wildman–Crippen MR) is 51.7 cm³/mol. The summed E-state index contributed by atoms with van der Waals surface area (Å²) in [4.78, 5) is 0. The Hall–Kier alpha value is -0.420. The van der Waals surface area contributed by atoms with Gasteiger partial charge in [0.05, 0.1) is 33.0 Å². The first-order valence-electron chi connectivity index (χ1n) is 4.41. The van der Waals surface area contributed by atoms with E-state index in [4.69, 9.17) is 19.9 Å². The molecular formula is C9H19NO3. The quantitative estimate of drug-likeness (QED) is 0.415. The van der Waals surface area contributed by atoms with Gasteiger partial charge in [0.2, 0.25) is 0 Å². The zero-order valence-electron chi connectivity index (χ0n) is 8.20. The molecule has 13 heavy (non-hydrogen) atoms. The minimum absolute atomic E-state index is 0.563. The van der Waals surface area contributed by atoms with Crippen molar-refractivity contribution < 1.29 is 14.2 Å². The second-order valence-electron chi connectivity index (χ2n) is 2.39. The van der Waals surface area contributed by atoms with Crippen molar-refractivity contribution in [2.75, 3.05) is 46.7 Å². The highest BCUT2D eigenvalue weighted by molar-refractivity contribution is 4.81. The molecule has 4 heteroatoms. The summed E-state index contributed by atoms with van der Waals surface area (Å²) in [5.74, 6) is 0. The molecule has 0 bridgehead atoms. The monoisotopic (exact) mass is 189 g/mol. The van der Waals surface area contributed by atoms with E-state index < -0.39 is 0 Å². The smallest absolute Gasteiger partial charge is 0.0704 e. The number of hydrogen-bond donors (Lipinski definition) is 1. The highest BCUT2D eigenvalue weighted by Crippen LogP contribution is 1.80. The summed E-state index contributed by atoms with van der Waals surface area (Å²) >= 11 is 0. The zero-order valence-corrected chi connectivity index (χ0v) is 8.20. The zero-order chi connectivity index (χ0) is 9.78. The van der Waals surface area contributed by atoms with Crippen LogP contribution in [0, 0.1) is 0 Å². The molecule has 0 aliphatic heterocycles. The van der Waals surface area contributed by atoms with E-state index in [1.165, 1.54) is 0 Å². The van der Waals surface area contributed by atoms with Crippen LogP contribution in [0.15, 0.2) is 12.2 Å². The van der Waals surface area contributed by atoms with Gasteiger partial charge in [-0.2, -0.15) is 0 Å². The molecule has 0 aromatic heterocycles. The van der Waals surface area contributed by atoms with Gasteiger partial charge in [0.1, 0.15) is 0 Å². The fourth-order valence-corrected chi connectivity index (χ4v) is 0.678. The van der Waals surface area contributed by atoms with E-state index in [0.717, 1.165) is 0 Å². The molecule has 0 saturated heterocycles. The van der Waals surface area contributed by atoms with Gasteiger partial charge < -0.3 is 19.9 Å². The van der Waals surface area contributed by atoms with Crippen molar-refractivity contribution in [2.45, 2.75) is 0 Å². The summed E-state index contributed by atoms with van der Waals surface area (Å²) in [6.07, 6.45) is 3.76. The SMILES string of the molecule is COCCOCCOC/C=C/CN. The Morgan fingerprint density at radius 1 is 1.00 bits per heavy atom. The number of methoxy groups -OCH3 is 1. The summed E-state index contributed by atoms with van der Waals surface area (Å²) in [6, 6.07) is 0. The maximum absolute atomic E-state index is 5.24. The largest absolute Gasteiger partial charge is 0.382 e. The molecule has 0 spiro atoms. The molecule has 0 heterocycles. The third kappa shape index (κ3) is 11.6. The van der Waals surface area contributed by atoms with Gasteiger partial charge in [-0.1, -0.05) is 12.2 Å². The molecule has 0 aromatic rings. The molecule has 0 atom stereocenters. The molecule has 0 rings (SSSR count). The second kappa shape index (κ2) is 11.6. The average Bonchev–Trinajstić information content (AvgIpc) is 2.16. The molecule has 0 fully saturated rings. The van der Waals surface area contributed by atoms with Crippen molar-refractivity contribution in [1.82, 2.24) is 0 Å². The van der Waals surface area contributed by atoms with E-state index in [-0.39, 0.29) is 0 Å². The third-order valence-corrected chi connectivity index (χ3v) is 1.32. The molecule has 0 aromatic carbocycles. The lowest BCUT2D eigenvalue weighted by Crippen LogP contribution is -2.08. The van der Waals surface area contributed by atoms with Gasteiger partial charge in [0.15, 0.2) is 0 Å². The molecule has 0 unspecified atom stereocenters. The lowest BCUT2D eigenvalue weighted by Gasteiger charge is -2.02. The topological polar surface area (TPSA) is 53.7 Å². The number of ether oxygens (including phenoxy) is 3. The van der Waals surface area contributed by atoms with Crippen LogP contribution >= 0.6 is 0 Å². The summed E-state index contributed by atoms with van der Waals surface area (Å²) in [5, 5.41) is 0. The van der Waals surface area contributed by atoms with Gasteiger partial charge in [0, 0.05) is 13.7 Å². The molecule has 0 radical (unpaired) electrons. The van der Waals surface area contributed by atoms with Gasteiger partial charge >= 0.3 is 0 Å². The van der Waals surface area contributed by atoms with Gasteiger partial charge in [0.25, 0.3) is 0 Å². The van der Waals surface area contributed by atoms with Crippen LogP contribution < -0.4 is 5.73 Å². The summed E-state index contributed by atoms with van der Waals surface area (Å²) < 4.78 is 15.2. The van der Waals surface area contributed by atoms with Crippen molar-refractivity contribution >= 4 is 0 Å². The van der Waals surface area contributed by atoms with E-state index in [2.05, 4.69) is 0 Å². The first-order chi connectivity index (χ1) is 6.41. The molecular weight excluding hydrogens is 170 g/mol. The van der Waals surface area contributed by atoms with Crippen LogP contribution in [0.3, 0.4) is 0 Å². The van der Waals surface area contributed by atoms with Gasteiger partial charge in [-0.15, -0.1) is 0 Å². The van der Waals surface area contributed by atoms with Gasteiger partial charge in [-0.3, -0.25) is 0 Å². The van der Waals surface area contributed by atoms with Crippen molar-refractivity contribution in [2.24, 2.45) is 5.73 Å². The lowest BCUT2D eigenvalue weighted by atomic mass is 10.5. The normalized spacial score (nSPS) is 11.2.